The molecular weight excluding hydrogens is 288 g/mol. The highest BCUT2D eigenvalue weighted by atomic mass is 32.2. The predicted octanol–water partition coefficient (Wildman–Crippen LogP) is 0.833. The lowest BCUT2D eigenvalue weighted by Crippen LogP contribution is -2.26. The Morgan fingerprint density at radius 1 is 1.24 bits per heavy atom. The molecule has 21 heavy (non-hydrogen) atoms. The summed E-state index contributed by atoms with van der Waals surface area (Å²) in [7, 11) is -1.59. The van der Waals surface area contributed by atoms with Gasteiger partial charge in [0.05, 0.1) is 4.90 Å². The normalized spacial score (nSPS) is 23.9. The van der Waals surface area contributed by atoms with Gasteiger partial charge in [-0.2, -0.15) is 5.21 Å². The van der Waals surface area contributed by atoms with Crippen molar-refractivity contribution in [3.63, 3.8) is 0 Å². The zero-order valence-corrected chi connectivity index (χ0v) is 12.3. The molecule has 2 aromatic rings. The third kappa shape index (κ3) is 2.87. The molecule has 1 unspecified atom stereocenters. The monoisotopic (exact) mass is 306 g/mol. The molecule has 5 N–H and O–H groups in total. The van der Waals surface area contributed by atoms with Gasteiger partial charge in [0.15, 0.2) is 0 Å². The molecule has 0 amide bonds. The second-order valence-electron chi connectivity index (χ2n) is 5.36. The zero-order chi connectivity index (χ0) is 14.8. The Balaban J connectivity index is 2.08. The summed E-state index contributed by atoms with van der Waals surface area (Å²) in [6.45, 7) is 0. The van der Waals surface area contributed by atoms with Gasteiger partial charge in [-0.3, -0.25) is 0 Å². The van der Waals surface area contributed by atoms with E-state index in [1.807, 2.05) is 12.1 Å². The number of aromatic amines is 1. The molecule has 112 valence electrons. The third-order valence-electron chi connectivity index (χ3n) is 4.06. The van der Waals surface area contributed by atoms with Crippen molar-refractivity contribution in [3.8, 4) is 11.4 Å². The van der Waals surface area contributed by atoms with Crippen LogP contribution in [-0.4, -0.2) is 30.9 Å². The molecule has 0 spiro atoms. The van der Waals surface area contributed by atoms with Gasteiger partial charge in [-0.15, -0.1) is 10.2 Å². The lowest BCUT2D eigenvalue weighted by atomic mass is 9.80. The van der Waals surface area contributed by atoms with E-state index in [2.05, 4.69) is 20.6 Å². The van der Waals surface area contributed by atoms with Crippen LogP contribution in [0.1, 0.15) is 37.2 Å². The standard InChI is InChI=1S/C13H18N6OS/c14-9-6-4-8(5-7-9)10-2-1-3-11(21(15)20)12(10)13-16-18-19-17-13/h1-3,8-9H,4-7,14-15H2,(H,16,17,18,19). The summed E-state index contributed by atoms with van der Waals surface area (Å²) >= 11 is 0. The number of hydrogen-bond donors (Lipinski definition) is 3. The summed E-state index contributed by atoms with van der Waals surface area (Å²) in [5.74, 6) is 0.802. The molecular formula is C13H18N6OS. The number of rotatable bonds is 3. The number of aromatic nitrogens is 4. The first-order valence-corrected chi connectivity index (χ1v) is 8.16. The molecule has 7 nitrogen and oxygen atoms in total. The third-order valence-corrected chi connectivity index (χ3v) is 4.83. The van der Waals surface area contributed by atoms with Crippen molar-refractivity contribution in [3.05, 3.63) is 23.8 Å². The molecule has 1 aromatic heterocycles. The van der Waals surface area contributed by atoms with Crippen LogP contribution in [0.4, 0.5) is 0 Å². The van der Waals surface area contributed by atoms with Gasteiger partial charge < -0.3 is 5.73 Å². The SMILES string of the molecule is NC1CCC(c2cccc(S(N)=O)c2-c2nn[nH]n2)CC1. The molecule has 0 bridgehead atoms. The topological polar surface area (TPSA) is 124 Å². The van der Waals surface area contributed by atoms with E-state index in [1.54, 1.807) is 6.07 Å². The Bertz CT molecular complexity index is 636. The smallest absolute Gasteiger partial charge is 0.206 e. The fraction of sp³-hybridized carbons (Fsp3) is 0.462. The number of H-pyrrole nitrogens is 1. The van der Waals surface area contributed by atoms with E-state index in [9.17, 15) is 4.21 Å². The van der Waals surface area contributed by atoms with Gasteiger partial charge in [0.25, 0.3) is 0 Å². The molecule has 8 heteroatoms. The number of nitrogens with zero attached hydrogens (tertiary/aromatic N) is 3. The Morgan fingerprint density at radius 2 is 2.00 bits per heavy atom. The van der Waals surface area contributed by atoms with Crippen molar-refractivity contribution < 1.29 is 4.21 Å². The second-order valence-corrected chi connectivity index (χ2v) is 6.40. The number of hydrogen-bond acceptors (Lipinski definition) is 5. The number of nitrogens with two attached hydrogens (primary N) is 2. The summed E-state index contributed by atoms with van der Waals surface area (Å²) in [5.41, 5.74) is 7.80. The molecule has 1 atom stereocenters. The van der Waals surface area contributed by atoms with Gasteiger partial charge in [0, 0.05) is 11.6 Å². The summed E-state index contributed by atoms with van der Waals surface area (Å²) in [6, 6.07) is 5.94. The van der Waals surface area contributed by atoms with Gasteiger partial charge in [-0.25, -0.2) is 9.35 Å². The van der Waals surface area contributed by atoms with Crippen molar-refractivity contribution >= 4 is 11.0 Å². The number of tetrazole rings is 1. The van der Waals surface area contributed by atoms with E-state index >= 15 is 0 Å². The van der Waals surface area contributed by atoms with E-state index in [1.165, 1.54) is 0 Å². The van der Waals surface area contributed by atoms with Crippen LogP contribution in [-0.2, 0) is 11.0 Å². The maximum absolute atomic E-state index is 11.8. The Morgan fingerprint density at radius 3 is 2.62 bits per heavy atom. The van der Waals surface area contributed by atoms with Crippen molar-refractivity contribution in [2.45, 2.75) is 42.5 Å². The van der Waals surface area contributed by atoms with Gasteiger partial charge in [0.1, 0.15) is 11.0 Å². The first-order chi connectivity index (χ1) is 10.2. The van der Waals surface area contributed by atoms with Crippen LogP contribution in [0.15, 0.2) is 23.1 Å². The summed E-state index contributed by atoms with van der Waals surface area (Å²) in [6.07, 6.45) is 4.00. The lowest BCUT2D eigenvalue weighted by Gasteiger charge is -2.28. The van der Waals surface area contributed by atoms with Gasteiger partial charge in [-0.1, -0.05) is 12.1 Å². The Kier molecular flexibility index (Phi) is 4.09. The number of benzene rings is 1. The summed E-state index contributed by atoms with van der Waals surface area (Å²) < 4.78 is 11.8. The van der Waals surface area contributed by atoms with Crippen molar-refractivity contribution in [2.24, 2.45) is 10.9 Å². The van der Waals surface area contributed by atoms with Gasteiger partial charge >= 0.3 is 0 Å². The van der Waals surface area contributed by atoms with Gasteiger partial charge in [0.2, 0.25) is 5.82 Å². The molecule has 1 saturated carbocycles. The highest BCUT2D eigenvalue weighted by Gasteiger charge is 2.26. The molecule has 3 rings (SSSR count). The summed E-state index contributed by atoms with van der Waals surface area (Å²) in [4.78, 5) is 0.545. The van der Waals surface area contributed by atoms with Crippen LogP contribution >= 0.6 is 0 Å². The largest absolute Gasteiger partial charge is 0.328 e. The average Bonchev–Trinajstić information content (AvgIpc) is 3.01. The molecule has 1 fully saturated rings. The number of nitrogens with one attached hydrogen (secondary N) is 1. The molecule has 1 aliphatic carbocycles. The van der Waals surface area contributed by atoms with Gasteiger partial charge in [-0.05, 0) is 48.4 Å². The molecule has 1 aromatic carbocycles. The van der Waals surface area contributed by atoms with Crippen LogP contribution in [0.25, 0.3) is 11.4 Å². The molecule has 1 heterocycles. The van der Waals surface area contributed by atoms with Crippen molar-refractivity contribution in [1.29, 1.82) is 0 Å². The molecule has 0 aliphatic heterocycles. The highest BCUT2D eigenvalue weighted by molar-refractivity contribution is 7.82. The van der Waals surface area contributed by atoms with Crippen LogP contribution in [0.3, 0.4) is 0 Å². The predicted molar refractivity (Wildman–Crippen MR) is 79.4 cm³/mol. The minimum atomic E-state index is -1.59. The van der Waals surface area contributed by atoms with Crippen molar-refractivity contribution in [1.82, 2.24) is 20.6 Å². The van der Waals surface area contributed by atoms with Crippen LogP contribution in [0.5, 0.6) is 0 Å². The molecule has 0 saturated heterocycles. The quantitative estimate of drug-likeness (QED) is 0.775. The minimum Gasteiger partial charge on any atom is -0.328 e. The molecule has 0 radical (unpaired) electrons. The fourth-order valence-corrected chi connectivity index (χ4v) is 3.62. The van der Waals surface area contributed by atoms with E-state index < -0.39 is 11.0 Å². The zero-order valence-electron chi connectivity index (χ0n) is 11.5. The van der Waals surface area contributed by atoms with Crippen molar-refractivity contribution in [2.75, 3.05) is 0 Å². The maximum atomic E-state index is 11.8. The average molecular weight is 306 g/mol. The first kappa shape index (κ1) is 14.3. The van der Waals surface area contributed by atoms with Crippen LogP contribution < -0.4 is 10.9 Å². The Labute approximate surface area is 125 Å². The fourth-order valence-electron chi connectivity index (χ4n) is 2.99. The second kappa shape index (κ2) is 6.00. The lowest BCUT2D eigenvalue weighted by molar-refractivity contribution is 0.395. The van der Waals surface area contributed by atoms with E-state index in [4.69, 9.17) is 10.9 Å². The molecule has 1 aliphatic rings. The highest BCUT2D eigenvalue weighted by Crippen LogP contribution is 2.38. The maximum Gasteiger partial charge on any atom is 0.206 e. The van der Waals surface area contributed by atoms with E-state index in [-0.39, 0.29) is 6.04 Å². The summed E-state index contributed by atoms with van der Waals surface area (Å²) in [5, 5.41) is 19.7. The Hall–Kier alpha value is -1.64. The van der Waals surface area contributed by atoms with E-state index in [0.29, 0.717) is 16.6 Å². The van der Waals surface area contributed by atoms with Crippen LogP contribution in [0.2, 0.25) is 0 Å². The first-order valence-electron chi connectivity index (χ1n) is 6.95. The van der Waals surface area contributed by atoms with Crippen LogP contribution in [0, 0.1) is 0 Å². The minimum absolute atomic E-state index is 0.279. The van der Waals surface area contributed by atoms with E-state index in [0.717, 1.165) is 36.8 Å².